The van der Waals surface area contributed by atoms with Gasteiger partial charge in [-0.2, -0.15) is 0 Å². The van der Waals surface area contributed by atoms with Gasteiger partial charge in [-0.05, 0) is 36.9 Å². The molecule has 1 aliphatic rings. The normalized spacial score (nSPS) is 15.1. The van der Waals surface area contributed by atoms with E-state index < -0.39 is 0 Å². The molecule has 2 N–H and O–H groups in total. The summed E-state index contributed by atoms with van der Waals surface area (Å²) in [5.74, 6) is 0.824. The third-order valence-electron chi connectivity index (χ3n) is 3.60. The molecule has 1 aromatic rings. The van der Waals surface area contributed by atoms with Crippen LogP contribution in [0.5, 0.6) is 5.75 Å². The monoisotopic (exact) mass is 262 g/mol. The number of benzene rings is 1. The summed E-state index contributed by atoms with van der Waals surface area (Å²) in [5, 5.41) is 0. The number of hydrogen-bond donors (Lipinski definition) is 1. The molecule has 0 unspecified atom stereocenters. The predicted octanol–water partition coefficient (Wildman–Crippen LogP) is 2.18. The lowest BCUT2D eigenvalue weighted by Gasteiger charge is -2.30. The zero-order valence-corrected chi connectivity index (χ0v) is 11.7. The lowest BCUT2D eigenvalue weighted by atomic mass is 9.88. The van der Waals surface area contributed by atoms with E-state index in [1.165, 1.54) is 0 Å². The number of amides is 1. The highest BCUT2D eigenvalue weighted by Gasteiger charge is 2.25. The number of hydrogen-bond acceptors (Lipinski definition) is 3. The Kier molecular flexibility index (Phi) is 4.10. The molecule has 0 saturated carbocycles. The Hall–Kier alpha value is -1.55. The number of para-hydroxylation sites is 2. The molecule has 104 valence electrons. The van der Waals surface area contributed by atoms with Crippen molar-refractivity contribution < 1.29 is 9.53 Å². The van der Waals surface area contributed by atoms with Crippen LogP contribution >= 0.6 is 0 Å². The van der Waals surface area contributed by atoms with Crippen molar-refractivity contribution in [1.29, 1.82) is 0 Å². The number of fused-ring (bicyclic) bond motifs is 1. The number of rotatable bonds is 5. The standard InChI is InChI=1S/C15H22N2O2/c1-15(2,11-16)8-5-9-17-12-6-3-4-7-13(12)19-10-14(17)18/h3-4,6-7H,5,8-11,16H2,1-2H3. The zero-order chi connectivity index (χ0) is 13.9. The Morgan fingerprint density at radius 1 is 1.37 bits per heavy atom. The van der Waals surface area contributed by atoms with E-state index in [-0.39, 0.29) is 17.9 Å². The quantitative estimate of drug-likeness (QED) is 0.885. The van der Waals surface area contributed by atoms with Gasteiger partial charge in [0.1, 0.15) is 5.75 Å². The molecule has 4 nitrogen and oxygen atoms in total. The first-order chi connectivity index (χ1) is 9.03. The molecule has 0 saturated heterocycles. The predicted molar refractivity (Wildman–Crippen MR) is 76.4 cm³/mol. The topological polar surface area (TPSA) is 55.6 Å². The van der Waals surface area contributed by atoms with Gasteiger partial charge in [0, 0.05) is 6.54 Å². The molecule has 0 aromatic heterocycles. The summed E-state index contributed by atoms with van der Waals surface area (Å²) >= 11 is 0. The molecule has 0 fully saturated rings. The van der Waals surface area contributed by atoms with Gasteiger partial charge in [-0.1, -0.05) is 26.0 Å². The van der Waals surface area contributed by atoms with E-state index in [9.17, 15) is 4.79 Å². The third-order valence-corrected chi connectivity index (χ3v) is 3.60. The summed E-state index contributed by atoms with van der Waals surface area (Å²) in [6.45, 7) is 5.84. The Morgan fingerprint density at radius 3 is 2.84 bits per heavy atom. The fourth-order valence-corrected chi connectivity index (χ4v) is 2.22. The van der Waals surface area contributed by atoms with Gasteiger partial charge in [0.25, 0.3) is 5.91 Å². The van der Waals surface area contributed by atoms with Crippen LogP contribution in [0.15, 0.2) is 24.3 Å². The van der Waals surface area contributed by atoms with Crippen molar-refractivity contribution in [3.63, 3.8) is 0 Å². The van der Waals surface area contributed by atoms with Gasteiger partial charge in [-0.25, -0.2) is 0 Å². The highest BCUT2D eigenvalue weighted by Crippen LogP contribution is 2.32. The van der Waals surface area contributed by atoms with E-state index in [0.29, 0.717) is 6.54 Å². The Labute approximate surface area is 114 Å². The minimum atomic E-state index is 0.0317. The van der Waals surface area contributed by atoms with Crippen LogP contribution < -0.4 is 15.4 Å². The maximum absolute atomic E-state index is 12.0. The molecule has 0 spiro atoms. The number of nitrogens with two attached hydrogens (primary N) is 1. The Balaban J connectivity index is 2.02. The molecular weight excluding hydrogens is 240 g/mol. The van der Waals surface area contributed by atoms with Crippen molar-refractivity contribution in [2.75, 3.05) is 24.6 Å². The second kappa shape index (κ2) is 5.61. The SMILES string of the molecule is CC(C)(CN)CCCN1C(=O)COc2ccccc21. The molecule has 1 aromatic carbocycles. The summed E-state index contributed by atoms with van der Waals surface area (Å²) in [6, 6.07) is 7.68. The van der Waals surface area contributed by atoms with Crippen LogP contribution in [0.2, 0.25) is 0 Å². The van der Waals surface area contributed by atoms with E-state index in [0.717, 1.165) is 30.8 Å². The number of nitrogens with zero attached hydrogens (tertiary/aromatic N) is 1. The molecule has 0 atom stereocenters. The van der Waals surface area contributed by atoms with E-state index in [1.807, 2.05) is 29.2 Å². The van der Waals surface area contributed by atoms with Crippen LogP contribution in [-0.4, -0.2) is 25.6 Å². The summed E-state index contributed by atoms with van der Waals surface area (Å²) < 4.78 is 5.42. The van der Waals surface area contributed by atoms with Gasteiger partial charge in [0.05, 0.1) is 5.69 Å². The minimum absolute atomic E-state index is 0.0317. The smallest absolute Gasteiger partial charge is 0.265 e. The van der Waals surface area contributed by atoms with E-state index in [2.05, 4.69) is 13.8 Å². The molecule has 19 heavy (non-hydrogen) atoms. The molecule has 4 heteroatoms. The molecule has 1 amide bonds. The summed E-state index contributed by atoms with van der Waals surface area (Å²) in [7, 11) is 0. The lowest BCUT2D eigenvalue weighted by Crippen LogP contribution is -2.39. The highest BCUT2D eigenvalue weighted by molar-refractivity contribution is 5.97. The van der Waals surface area contributed by atoms with Gasteiger partial charge < -0.3 is 15.4 Å². The second-order valence-electron chi connectivity index (χ2n) is 5.77. The van der Waals surface area contributed by atoms with Crippen molar-refractivity contribution in [2.24, 2.45) is 11.1 Å². The lowest BCUT2D eigenvalue weighted by molar-refractivity contribution is -0.121. The first-order valence-corrected chi connectivity index (χ1v) is 6.76. The number of carbonyl (C=O) groups excluding carboxylic acids is 1. The van der Waals surface area contributed by atoms with Gasteiger partial charge in [-0.3, -0.25) is 4.79 Å². The van der Waals surface area contributed by atoms with Crippen LogP contribution in [0.1, 0.15) is 26.7 Å². The molecule has 1 aliphatic heterocycles. The first kappa shape index (κ1) is 13.9. The second-order valence-corrected chi connectivity index (χ2v) is 5.77. The third kappa shape index (κ3) is 3.26. The van der Waals surface area contributed by atoms with Crippen molar-refractivity contribution in [1.82, 2.24) is 0 Å². The van der Waals surface area contributed by atoms with Crippen LogP contribution in [0.4, 0.5) is 5.69 Å². The van der Waals surface area contributed by atoms with Crippen LogP contribution in [0.25, 0.3) is 0 Å². The van der Waals surface area contributed by atoms with Crippen LogP contribution in [-0.2, 0) is 4.79 Å². The number of carbonyl (C=O) groups is 1. The maximum atomic E-state index is 12.0. The highest BCUT2D eigenvalue weighted by atomic mass is 16.5. The Bertz CT molecular complexity index is 457. The Morgan fingerprint density at radius 2 is 2.11 bits per heavy atom. The van der Waals surface area contributed by atoms with Crippen LogP contribution in [0.3, 0.4) is 0 Å². The van der Waals surface area contributed by atoms with Crippen molar-refractivity contribution >= 4 is 11.6 Å². The van der Waals surface area contributed by atoms with Gasteiger partial charge in [-0.15, -0.1) is 0 Å². The first-order valence-electron chi connectivity index (χ1n) is 6.76. The largest absolute Gasteiger partial charge is 0.482 e. The van der Waals surface area contributed by atoms with Crippen molar-refractivity contribution in [2.45, 2.75) is 26.7 Å². The van der Waals surface area contributed by atoms with Crippen LogP contribution in [0, 0.1) is 5.41 Å². The van der Waals surface area contributed by atoms with Gasteiger partial charge in [0.15, 0.2) is 6.61 Å². The number of ether oxygens (including phenoxy) is 1. The zero-order valence-electron chi connectivity index (χ0n) is 11.7. The molecular formula is C15H22N2O2. The molecule has 1 heterocycles. The fourth-order valence-electron chi connectivity index (χ4n) is 2.22. The summed E-state index contributed by atoms with van der Waals surface area (Å²) in [4.78, 5) is 13.8. The average molecular weight is 262 g/mol. The van der Waals surface area contributed by atoms with Gasteiger partial charge >= 0.3 is 0 Å². The fraction of sp³-hybridized carbons (Fsp3) is 0.533. The molecule has 0 radical (unpaired) electrons. The minimum Gasteiger partial charge on any atom is -0.482 e. The van der Waals surface area contributed by atoms with Crippen molar-refractivity contribution in [3.05, 3.63) is 24.3 Å². The number of anilines is 1. The molecule has 0 bridgehead atoms. The van der Waals surface area contributed by atoms with E-state index in [1.54, 1.807) is 0 Å². The average Bonchev–Trinajstić information content (AvgIpc) is 2.41. The maximum Gasteiger partial charge on any atom is 0.265 e. The summed E-state index contributed by atoms with van der Waals surface area (Å²) in [5.41, 5.74) is 6.74. The molecule has 2 rings (SSSR count). The van der Waals surface area contributed by atoms with E-state index in [4.69, 9.17) is 10.5 Å². The van der Waals surface area contributed by atoms with E-state index >= 15 is 0 Å². The van der Waals surface area contributed by atoms with Crippen molar-refractivity contribution in [3.8, 4) is 5.75 Å². The molecule has 0 aliphatic carbocycles. The van der Waals surface area contributed by atoms with Gasteiger partial charge in [0.2, 0.25) is 0 Å². The summed E-state index contributed by atoms with van der Waals surface area (Å²) in [6.07, 6.45) is 1.96.